The normalized spacial score (nSPS) is 41.2. The van der Waals surface area contributed by atoms with E-state index >= 15 is 0 Å². The van der Waals surface area contributed by atoms with Crippen LogP contribution in [0.5, 0.6) is 0 Å². The SMILES string of the molecule is O[C@@H]1[C@H](O)[C@H]2CCC[C@@H]2O[C@H]1c1ccccc1. The van der Waals surface area contributed by atoms with Gasteiger partial charge in [-0.2, -0.15) is 0 Å². The molecule has 17 heavy (non-hydrogen) atoms. The monoisotopic (exact) mass is 234 g/mol. The number of aliphatic hydroxyl groups excluding tert-OH is 2. The summed E-state index contributed by atoms with van der Waals surface area (Å²) in [5.74, 6) is 0.116. The summed E-state index contributed by atoms with van der Waals surface area (Å²) in [6, 6.07) is 9.68. The van der Waals surface area contributed by atoms with Gasteiger partial charge in [-0.1, -0.05) is 36.8 Å². The number of ether oxygens (including phenoxy) is 1. The van der Waals surface area contributed by atoms with E-state index in [0.29, 0.717) is 0 Å². The van der Waals surface area contributed by atoms with Crippen LogP contribution in [0.2, 0.25) is 0 Å². The van der Waals surface area contributed by atoms with Crippen LogP contribution >= 0.6 is 0 Å². The Morgan fingerprint density at radius 3 is 2.53 bits per heavy atom. The van der Waals surface area contributed by atoms with Crippen molar-refractivity contribution in [3.05, 3.63) is 35.9 Å². The molecule has 0 aromatic heterocycles. The molecule has 2 N–H and O–H groups in total. The maximum Gasteiger partial charge on any atom is 0.111 e. The summed E-state index contributed by atoms with van der Waals surface area (Å²) in [4.78, 5) is 0. The Kier molecular flexibility index (Phi) is 2.90. The van der Waals surface area contributed by atoms with Crippen LogP contribution in [0, 0.1) is 5.92 Å². The smallest absolute Gasteiger partial charge is 0.111 e. The first-order chi connectivity index (χ1) is 8.27. The van der Waals surface area contributed by atoms with E-state index in [1.807, 2.05) is 30.3 Å². The van der Waals surface area contributed by atoms with Crippen LogP contribution in [0.25, 0.3) is 0 Å². The summed E-state index contributed by atoms with van der Waals surface area (Å²) in [5.41, 5.74) is 0.949. The second-order valence-electron chi connectivity index (χ2n) is 5.08. The van der Waals surface area contributed by atoms with E-state index in [1.165, 1.54) is 0 Å². The average molecular weight is 234 g/mol. The van der Waals surface area contributed by atoms with Crippen LogP contribution in [-0.2, 0) is 4.74 Å². The largest absolute Gasteiger partial charge is 0.390 e. The number of aliphatic hydroxyl groups is 2. The van der Waals surface area contributed by atoms with Gasteiger partial charge < -0.3 is 14.9 Å². The molecule has 1 heterocycles. The van der Waals surface area contributed by atoms with Crippen molar-refractivity contribution in [2.45, 2.75) is 43.7 Å². The lowest BCUT2D eigenvalue weighted by Crippen LogP contribution is -2.48. The van der Waals surface area contributed by atoms with E-state index in [2.05, 4.69) is 0 Å². The second-order valence-corrected chi connectivity index (χ2v) is 5.08. The van der Waals surface area contributed by atoms with Crippen molar-refractivity contribution in [3.63, 3.8) is 0 Å². The van der Waals surface area contributed by atoms with Crippen LogP contribution < -0.4 is 0 Å². The first-order valence-electron chi connectivity index (χ1n) is 6.34. The highest BCUT2D eigenvalue weighted by Gasteiger charge is 2.46. The van der Waals surface area contributed by atoms with Gasteiger partial charge in [0.25, 0.3) is 0 Å². The predicted molar refractivity (Wildman–Crippen MR) is 63.4 cm³/mol. The summed E-state index contributed by atoms with van der Waals surface area (Å²) in [6.45, 7) is 0. The van der Waals surface area contributed by atoms with Gasteiger partial charge in [0.05, 0.1) is 12.2 Å². The molecule has 1 saturated carbocycles. The summed E-state index contributed by atoms with van der Waals surface area (Å²) in [6.07, 6.45) is 1.31. The van der Waals surface area contributed by atoms with E-state index in [-0.39, 0.29) is 18.1 Å². The van der Waals surface area contributed by atoms with Crippen LogP contribution in [-0.4, -0.2) is 28.5 Å². The van der Waals surface area contributed by atoms with E-state index < -0.39 is 12.2 Å². The van der Waals surface area contributed by atoms with Crippen molar-refractivity contribution in [2.24, 2.45) is 5.92 Å². The molecule has 1 aliphatic heterocycles. The van der Waals surface area contributed by atoms with Crippen LogP contribution in [0.1, 0.15) is 30.9 Å². The summed E-state index contributed by atoms with van der Waals surface area (Å²) in [5, 5.41) is 20.3. The average Bonchev–Trinajstić information content (AvgIpc) is 2.83. The third-order valence-corrected chi connectivity index (χ3v) is 4.05. The third kappa shape index (κ3) is 1.88. The Labute approximate surface area is 101 Å². The molecular formula is C14H18O3. The van der Waals surface area contributed by atoms with E-state index in [1.54, 1.807) is 0 Å². The van der Waals surface area contributed by atoms with Crippen molar-refractivity contribution < 1.29 is 14.9 Å². The Bertz CT molecular complexity index is 378. The fourth-order valence-corrected chi connectivity index (χ4v) is 3.13. The van der Waals surface area contributed by atoms with Crippen LogP contribution in [0.15, 0.2) is 30.3 Å². The molecule has 1 aromatic rings. The summed E-state index contributed by atoms with van der Waals surface area (Å²) >= 11 is 0. The number of benzene rings is 1. The molecule has 3 rings (SSSR count). The minimum Gasteiger partial charge on any atom is -0.390 e. The Balaban J connectivity index is 1.86. The lowest BCUT2D eigenvalue weighted by molar-refractivity contribution is -0.193. The Morgan fingerprint density at radius 1 is 1.00 bits per heavy atom. The number of hydrogen-bond donors (Lipinski definition) is 2. The maximum absolute atomic E-state index is 10.2. The highest BCUT2D eigenvalue weighted by Crippen LogP contribution is 2.42. The molecule has 0 amide bonds. The molecule has 5 atom stereocenters. The topological polar surface area (TPSA) is 49.7 Å². The molecule has 0 spiro atoms. The molecule has 3 nitrogen and oxygen atoms in total. The maximum atomic E-state index is 10.2. The minimum absolute atomic E-state index is 0.110. The lowest BCUT2D eigenvalue weighted by atomic mass is 9.86. The second kappa shape index (κ2) is 4.41. The predicted octanol–water partition coefficient (Wildman–Crippen LogP) is 1.65. The lowest BCUT2D eigenvalue weighted by Gasteiger charge is -2.40. The van der Waals surface area contributed by atoms with Gasteiger partial charge >= 0.3 is 0 Å². The highest BCUT2D eigenvalue weighted by atomic mass is 16.5. The molecule has 0 unspecified atom stereocenters. The fraction of sp³-hybridized carbons (Fsp3) is 0.571. The number of hydrogen-bond acceptors (Lipinski definition) is 3. The molecule has 1 saturated heterocycles. The standard InChI is InChI=1S/C14H18O3/c15-12-10-7-4-8-11(10)17-14(13(12)16)9-5-2-1-3-6-9/h1-3,5-6,10-16H,4,7-8H2/t10-,11-,12+,13+,14-/m0/s1. The van der Waals surface area contributed by atoms with Crippen molar-refractivity contribution in [3.8, 4) is 0 Å². The highest BCUT2D eigenvalue weighted by molar-refractivity contribution is 5.20. The number of rotatable bonds is 1. The van der Waals surface area contributed by atoms with E-state index in [9.17, 15) is 10.2 Å². The molecule has 92 valence electrons. The molecule has 3 heteroatoms. The van der Waals surface area contributed by atoms with E-state index in [0.717, 1.165) is 24.8 Å². The molecule has 2 aliphatic rings. The van der Waals surface area contributed by atoms with Gasteiger partial charge in [-0.25, -0.2) is 0 Å². The minimum atomic E-state index is -0.809. The quantitative estimate of drug-likeness (QED) is 0.776. The van der Waals surface area contributed by atoms with Gasteiger partial charge in [0, 0.05) is 5.92 Å². The summed E-state index contributed by atoms with van der Waals surface area (Å²) < 4.78 is 5.97. The van der Waals surface area contributed by atoms with Gasteiger partial charge in [0.1, 0.15) is 12.2 Å². The zero-order valence-electron chi connectivity index (χ0n) is 9.70. The zero-order chi connectivity index (χ0) is 11.8. The molecule has 0 radical (unpaired) electrons. The van der Waals surface area contributed by atoms with E-state index in [4.69, 9.17) is 4.74 Å². The fourth-order valence-electron chi connectivity index (χ4n) is 3.13. The van der Waals surface area contributed by atoms with Crippen LogP contribution in [0.4, 0.5) is 0 Å². The number of fused-ring (bicyclic) bond motifs is 1. The van der Waals surface area contributed by atoms with Crippen LogP contribution in [0.3, 0.4) is 0 Å². The van der Waals surface area contributed by atoms with Crippen molar-refractivity contribution in [1.29, 1.82) is 0 Å². The third-order valence-electron chi connectivity index (χ3n) is 4.05. The Morgan fingerprint density at radius 2 is 1.76 bits per heavy atom. The van der Waals surface area contributed by atoms with Gasteiger partial charge in [0.15, 0.2) is 0 Å². The Hall–Kier alpha value is -0.900. The molecular weight excluding hydrogens is 216 g/mol. The van der Waals surface area contributed by atoms with Gasteiger partial charge in [-0.3, -0.25) is 0 Å². The molecule has 1 aromatic carbocycles. The van der Waals surface area contributed by atoms with Gasteiger partial charge in [-0.05, 0) is 18.4 Å². The zero-order valence-corrected chi connectivity index (χ0v) is 9.70. The van der Waals surface area contributed by atoms with Gasteiger partial charge in [-0.15, -0.1) is 0 Å². The molecule has 2 fully saturated rings. The first kappa shape index (κ1) is 11.2. The van der Waals surface area contributed by atoms with Crippen molar-refractivity contribution >= 4 is 0 Å². The first-order valence-corrected chi connectivity index (χ1v) is 6.34. The van der Waals surface area contributed by atoms with Crippen molar-refractivity contribution in [1.82, 2.24) is 0 Å². The summed E-state index contributed by atoms with van der Waals surface area (Å²) in [7, 11) is 0. The van der Waals surface area contributed by atoms with Crippen molar-refractivity contribution in [2.75, 3.05) is 0 Å². The molecule has 0 bridgehead atoms. The molecule has 1 aliphatic carbocycles. The van der Waals surface area contributed by atoms with Gasteiger partial charge in [0.2, 0.25) is 0 Å².